The van der Waals surface area contributed by atoms with Crippen molar-refractivity contribution in [3.63, 3.8) is 0 Å². The van der Waals surface area contributed by atoms with Crippen molar-refractivity contribution in [1.29, 1.82) is 0 Å². The fourth-order valence-electron chi connectivity index (χ4n) is 2.51. The molecule has 0 bridgehead atoms. The number of hydrogen-bond donors (Lipinski definition) is 2. The molecule has 1 aromatic carbocycles. The maximum Gasteiger partial charge on any atom is 0.323 e. The van der Waals surface area contributed by atoms with Gasteiger partial charge in [-0.1, -0.05) is 17.7 Å². The zero-order valence-electron chi connectivity index (χ0n) is 14.0. The van der Waals surface area contributed by atoms with Gasteiger partial charge in [-0.15, -0.1) is 0 Å². The topological polar surface area (TPSA) is 76.8 Å². The fraction of sp³-hybridized carbons (Fsp3) is 0.235. The summed E-state index contributed by atoms with van der Waals surface area (Å²) in [6, 6.07) is 6.62. The molecule has 0 aliphatic rings. The molecule has 130 valence electrons. The van der Waals surface area contributed by atoms with Crippen LogP contribution in [0, 0.1) is 6.92 Å². The van der Waals surface area contributed by atoms with E-state index in [4.69, 9.17) is 11.6 Å². The summed E-state index contributed by atoms with van der Waals surface area (Å²) in [4.78, 5) is 12.0. The Bertz CT molecular complexity index is 885. The number of halogens is 1. The van der Waals surface area contributed by atoms with E-state index in [-0.39, 0.29) is 6.03 Å². The highest BCUT2D eigenvalue weighted by molar-refractivity contribution is 6.30. The van der Waals surface area contributed by atoms with E-state index in [1.165, 1.54) is 0 Å². The van der Waals surface area contributed by atoms with Gasteiger partial charge in [0.25, 0.3) is 0 Å². The van der Waals surface area contributed by atoms with E-state index in [1.54, 1.807) is 41.3 Å². The van der Waals surface area contributed by atoms with Crippen LogP contribution in [0.1, 0.15) is 18.2 Å². The molecule has 3 aromatic rings. The number of nitrogens with one attached hydrogen (secondary N) is 2. The van der Waals surface area contributed by atoms with Crippen LogP contribution in [-0.2, 0) is 13.1 Å². The van der Waals surface area contributed by atoms with E-state index in [0.717, 1.165) is 17.8 Å². The minimum Gasteiger partial charge on any atom is -0.308 e. The van der Waals surface area contributed by atoms with Gasteiger partial charge in [-0.2, -0.15) is 10.2 Å². The molecule has 0 atom stereocenters. The summed E-state index contributed by atoms with van der Waals surface area (Å²) in [5.74, 6) is 0. The van der Waals surface area contributed by atoms with E-state index in [1.807, 2.05) is 17.8 Å². The number of amides is 2. The second-order valence-electron chi connectivity index (χ2n) is 5.59. The molecule has 2 aromatic heterocycles. The molecule has 2 heterocycles. The number of aromatic nitrogens is 4. The van der Waals surface area contributed by atoms with Gasteiger partial charge in [0.15, 0.2) is 0 Å². The Morgan fingerprint density at radius 2 is 2.00 bits per heavy atom. The lowest BCUT2D eigenvalue weighted by Crippen LogP contribution is -2.19. The van der Waals surface area contributed by atoms with Crippen LogP contribution in [0.4, 0.5) is 16.2 Å². The van der Waals surface area contributed by atoms with Crippen molar-refractivity contribution < 1.29 is 4.79 Å². The lowest BCUT2D eigenvalue weighted by Gasteiger charge is -2.06. The molecule has 8 heteroatoms. The van der Waals surface area contributed by atoms with E-state index in [0.29, 0.717) is 22.9 Å². The number of carbonyl (C=O) groups excluding carboxylic acids is 1. The van der Waals surface area contributed by atoms with Crippen LogP contribution < -0.4 is 10.6 Å². The predicted molar refractivity (Wildman–Crippen MR) is 98.1 cm³/mol. The van der Waals surface area contributed by atoms with Gasteiger partial charge < -0.3 is 10.6 Å². The maximum absolute atomic E-state index is 12.0. The van der Waals surface area contributed by atoms with Crippen LogP contribution in [0.3, 0.4) is 0 Å². The lowest BCUT2D eigenvalue weighted by atomic mass is 10.2. The highest BCUT2D eigenvalue weighted by Crippen LogP contribution is 2.16. The van der Waals surface area contributed by atoms with Crippen molar-refractivity contribution in [2.45, 2.75) is 26.9 Å². The number of urea groups is 1. The molecular formula is C17H19ClN6O. The van der Waals surface area contributed by atoms with E-state index < -0.39 is 0 Å². The first kappa shape index (κ1) is 17.0. The Hall–Kier alpha value is -2.80. The average molecular weight is 359 g/mol. The molecule has 7 nitrogen and oxygen atoms in total. The number of nitrogens with zero attached hydrogens (tertiary/aromatic N) is 4. The number of hydrogen-bond acceptors (Lipinski definition) is 3. The number of benzene rings is 1. The third-order valence-electron chi connectivity index (χ3n) is 3.81. The second-order valence-corrected chi connectivity index (χ2v) is 6.02. The van der Waals surface area contributed by atoms with Gasteiger partial charge >= 0.3 is 6.03 Å². The highest BCUT2D eigenvalue weighted by Gasteiger charge is 2.09. The molecule has 3 rings (SSSR count). The van der Waals surface area contributed by atoms with Crippen molar-refractivity contribution in [1.82, 2.24) is 19.6 Å². The van der Waals surface area contributed by atoms with Gasteiger partial charge in [0.1, 0.15) is 0 Å². The zero-order chi connectivity index (χ0) is 17.8. The molecule has 0 aliphatic heterocycles. The Balaban J connectivity index is 1.61. The normalized spacial score (nSPS) is 10.7. The van der Waals surface area contributed by atoms with E-state index in [2.05, 4.69) is 27.8 Å². The number of anilines is 2. The molecular weight excluding hydrogens is 340 g/mol. The first-order valence-corrected chi connectivity index (χ1v) is 8.30. The van der Waals surface area contributed by atoms with Crippen molar-refractivity contribution in [3.8, 4) is 0 Å². The molecule has 25 heavy (non-hydrogen) atoms. The van der Waals surface area contributed by atoms with Gasteiger partial charge in [-0.25, -0.2) is 4.79 Å². The van der Waals surface area contributed by atoms with Crippen LogP contribution in [0.15, 0.2) is 42.9 Å². The first-order chi connectivity index (χ1) is 12.0. The molecule has 2 amide bonds. The van der Waals surface area contributed by atoms with Gasteiger partial charge in [0.2, 0.25) is 0 Å². The summed E-state index contributed by atoms with van der Waals surface area (Å²) in [5, 5.41) is 14.6. The smallest absolute Gasteiger partial charge is 0.308 e. The summed E-state index contributed by atoms with van der Waals surface area (Å²) in [6.07, 6.45) is 5.23. The molecule has 0 spiro atoms. The minimum atomic E-state index is -0.350. The number of rotatable bonds is 5. The largest absolute Gasteiger partial charge is 0.323 e. The molecule has 2 N–H and O–H groups in total. The SMILES string of the molecule is CCn1ncc(Cn2cc(NC(=O)Nc3cccc(Cl)c3)cn2)c1C. The lowest BCUT2D eigenvalue weighted by molar-refractivity contribution is 0.262. The fourth-order valence-corrected chi connectivity index (χ4v) is 2.70. The summed E-state index contributed by atoms with van der Waals surface area (Å²) in [5.41, 5.74) is 3.45. The Labute approximate surface area is 150 Å². The van der Waals surface area contributed by atoms with Crippen LogP contribution in [0.2, 0.25) is 5.02 Å². The quantitative estimate of drug-likeness (QED) is 0.729. The third-order valence-corrected chi connectivity index (χ3v) is 4.05. The van der Waals surface area contributed by atoms with Crippen LogP contribution >= 0.6 is 11.6 Å². The standard InChI is InChI=1S/C17H19ClN6O/c1-3-24-12(2)13(8-20-24)10-23-11-16(9-19-23)22-17(25)21-15-6-4-5-14(18)7-15/h4-9,11H,3,10H2,1-2H3,(H2,21,22,25). The Kier molecular flexibility index (Phi) is 5.04. The molecule has 0 fully saturated rings. The van der Waals surface area contributed by atoms with Crippen molar-refractivity contribution in [3.05, 3.63) is 59.1 Å². The van der Waals surface area contributed by atoms with Gasteiger partial charge in [0, 0.05) is 34.7 Å². The predicted octanol–water partition coefficient (Wildman–Crippen LogP) is 3.75. The van der Waals surface area contributed by atoms with Gasteiger partial charge in [-0.3, -0.25) is 9.36 Å². The monoisotopic (exact) mass is 358 g/mol. The van der Waals surface area contributed by atoms with E-state index >= 15 is 0 Å². The third kappa shape index (κ3) is 4.19. The van der Waals surface area contributed by atoms with Crippen molar-refractivity contribution >= 4 is 29.0 Å². The average Bonchev–Trinajstić information content (AvgIpc) is 3.15. The maximum atomic E-state index is 12.0. The minimum absolute atomic E-state index is 0.350. The molecule has 0 saturated carbocycles. The van der Waals surface area contributed by atoms with Crippen molar-refractivity contribution in [2.24, 2.45) is 0 Å². The molecule has 0 radical (unpaired) electrons. The van der Waals surface area contributed by atoms with Crippen molar-refractivity contribution in [2.75, 3.05) is 10.6 Å². The molecule has 0 unspecified atom stereocenters. The first-order valence-electron chi connectivity index (χ1n) is 7.92. The molecule has 0 aliphatic carbocycles. The Morgan fingerprint density at radius 1 is 1.20 bits per heavy atom. The van der Waals surface area contributed by atoms with Gasteiger partial charge in [-0.05, 0) is 32.0 Å². The Morgan fingerprint density at radius 3 is 2.72 bits per heavy atom. The zero-order valence-corrected chi connectivity index (χ0v) is 14.8. The summed E-state index contributed by atoms with van der Waals surface area (Å²) in [7, 11) is 0. The van der Waals surface area contributed by atoms with Gasteiger partial charge in [0.05, 0.1) is 24.6 Å². The van der Waals surface area contributed by atoms with Crippen LogP contribution in [-0.4, -0.2) is 25.6 Å². The summed E-state index contributed by atoms with van der Waals surface area (Å²) < 4.78 is 3.70. The molecule has 0 saturated heterocycles. The highest BCUT2D eigenvalue weighted by atomic mass is 35.5. The second kappa shape index (κ2) is 7.40. The number of carbonyl (C=O) groups is 1. The summed E-state index contributed by atoms with van der Waals surface area (Å²) >= 11 is 5.90. The van der Waals surface area contributed by atoms with Crippen LogP contribution in [0.25, 0.3) is 0 Å². The number of aryl methyl sites for hydroxylation is 1. The van der Waals surface area contributed by atoms with E-state index in [9.17, 15) is 4.79 Å². The van der Waals surface area contributed by atoms with Crippen LogP contribution in [0.5, 0.6) is 0 Å². The summed E-state index contributed by atoms with van der Waals surface area (Å²) in [6.45, 7) is 5.52.